The molecule has 1 fully saturated rings. The van der Waals surface area contributed by atoms with E-state index in [4.69, 9.17) is 4.52 Å². The maximum atomic E-state index is 13.1. The molecule has 8 nitrogen and oxygen atoms in total. The minimum atomic E-state index is -3.64. The van der Waals surface area contributed by atoms with Gasteiger partial charge in [-0.15, -0.1) is 0 Å². The fourth-order valence-electron chi connectivity index (χ4n) is 3.68. The van der Waals surface area contributed by atoms with Crippen LogP contribution in [0.25, 0.3) is 11.1 Å². The Morgan fingerprint density at radius 1 is 1.15 bits per heavy atom. The van der Waals surface area contributed by atoms with Crippen molar-refractivity contribution in [3.8, 4) is 0 Å². The molecule has 0 radical (unpaired) electrons. The summed E-state index contributed by atoms with van der Waals surface area (Å²) in [5.41, 5.74) is 3.34. The number of fused-ring (bicyclic) bond motifs is 1. The lowest BCUT2D eigenvalue weighted by Gasteiger charge is -2.16. The summed E-state index contributed by atoms with van der Waals surface area (Å²) in [6.07, 6.45) is 2.73. The molecule has 1 aliphatic carbocycles. The number of nitrogens with one attached hydrogen (secondary N) is 2. The Kier molecular flexibility index (Phi) is 6.28. The number of pyridine rings is 1. The molecule has 2 aromatic heterocycles. The average Bonchev–Trinajstić information content (AvgIpc) is 3.52. The fourth-order valence-corrected chi connectivity index (χ4v) is 4.71. The third kappa shape index (κ3) is 5.59. The number of rotatable bonds is 8. The maximum Gasteiger partial charge on any atom is 0.259 e. The lowest BCUT2D eigenvalue weighted by molar-refractivity contribution is 0.0955. The van der Waals surface area contributed by atoms with Crippen LogP contribution in [0.1, 0.15) is 66.8 Å². The van der Waals surface area contributed by atoms with E-state index in [1.165, 1.54) is 0 Å². The number of aromatic nitrogens is 2. The molecular formula is C24H30N4O4S. The van der Waals surface area contributed by atoms with Crippen molar-refractivity contribution in [3.05, 3.63) is 52.8 Å². The van der Waals surface area contributed by atoms with Crippen molar-refractivity contribution in [3.63, 3.8) is 0 Å². The fraction of sp³-hybridized carbons (Fsp3) is 0.458. The van der Waals surface area contributed by atoms with Gasteiger partial charge in [0.15, 0.2) is 0 Å². The number of carbonyl (C=O) groups is 1. The smallest absolute Gasteiger partial charge is 0.259 e. The zero-order chi connectivity index (χ0) is 23.8. The Labute approximate surface area is 194 Å². The number of benzene rings is 1. The van der Waals surface area contributed by atoms with Gasteiger partial charge in [0.05, 0.1) is 21.5 Å². The summed E-state index contributed by atoms with van der Waals surface area (Å²) in [4.78, 5) is 17.9. The van der Waals surface area contributed by atoms with Crippen molar-refractivity contribution in [2.45, 2.75) is 57.8 Å². The van der Waals surface area contributed by atoms with Crippen LogP contribution >= 0.6 is 0 Å². The molecule has 0 atom stereocenters. The first-order chi connectivity index (χ1) is 15.5. The highest BCUT2D eigenvalue weighted by molar-refractivity contribution is 7.89. The minimum absolute atomic E-state index is 0.0407. The number of hydrogen-bond donors (Lipinski definition) is 2. The van der Waals surface area contributed by atoms with Gasteiger partial charge < -0.3 is 9.84 Å². The standard InChI is InChI=1S/C24H30N4O4S/c1-15-5-9-17(10-6-15)33(30,31)26-12-11-25-22(29)18-13-19(16-7-8-16)27-23-21(18)20(28-32-23)14-24(2,3)4/h5-6,9-10,13,16,26H,7-8,11-12,14H2,1-4H3,(H,25,29). The van der Waals surface area contributed by atoms with Crippen LogP contribution in [0.5, 0.6) is 0 Å². The van der Waals surface area contributed by atoms with E-state index in [0.717, 1.165) is 24.1 Å². The first-order valence-corrected chi connectivity index (χ1v) is 12.7. The highest BCUT2D eigenvalue weighted by Gasteiger charge is 2.30. The highest BCUT2D eigenvalue weighted by atomic mass is 32.2. The zero-order valence-corrected chi connectivity index (χ0v) is 20.3. The molecular weight excluding hydrogens is 440 g/mol. The van der Waals surface area contributed by atoms with Gasteiger partial charge in [0.1, 0.15) is 0 Å². The maximum absolute atomic E-state index is 13.1. The van der Waals surface area contributed by atoms with E-state index < -0.39 is 10.0 Å². The molecule has 1 amide bonds. The summed E-state index contributed by atoms with van der Waals surface area (Å²) in [6.45, 7) is 8.40. The van der Waals surface area contributed by atoms with Crippen molar-refractivity contribution in [2.24, 2.45) is 5.41 Å². The van der Waals surface area contributed by atoms with Crippen LogP contribution in [-0.2, 0) is 16.4 Å². The second-order valence-corrected chi connectivity index (χ2v) is 11.6. The van der Waals surface area contributed by atoms with Crippen LogP contribution < -0.4 is 10.0 Å². The predicted octanol–water partition coefficient (Wildman–Crippen LogP) is 3.71. The molecule has 1 aliphatic rings. The van der Waals surface area contributed by atoms with Gasteiger partial charge in [-0.25, -0.2) is 18.1 Å². The van der Waals surface area contributed by atoms with Crippen molar-refractivity contribution in [2.75, 3.05) is 13.1 Å². The lowest BCUT2D eigenvalue weighted by Crippen LogP contribution is -2.34. The second kappa shape index (κ2) is 8.87. The van der Waals surface area contributed by atoms with Gasteiger partial charge >= 0.3 is 0 Å². The van der Waals surface area contributed by atoms with Crippen LogP contribution in [0.2, 0.25) is 0 Å². The Balaban J connectivity index is 1.49. The van der Waals surface area contributed by atoms with E-state index in [-0.39, 0.29) is 29.3 Å². The molecule has 0 unspecified atom stereocenters. The molecule has 0 spiro atoms. The van der Waals surface area contributed by atoms with Crippen LogP contribution in [0.4, 0.5) is 0 Å². The van der Waals surface area contributed by atoms with Gasteiger partial charge in [-0.3, -0.25) is 4.79 Å². The summed E-state index contributed by atoms with van der Waals surface area (Å²) >= 11 is 0. The molecule has 0 aliphatic heterocycles. The number of aryl methyl sites for hydroxylation is 1. The lowest BCUT2D eigenvalue weighted by atomic mass is 9.89. The topological polar surface area (TPSA) is 114 Å². The number of nitrogens with zero attached hydrogens (tertiary/aromatic N) is 2. The number of amides is 1. The van der Waals surface area contributed by atoms with E-state index >= 15 is 0 Å². The van der Waals surface area contributed by atoms with E-state index in [1.54, 1.807) is 24.3 Å². The summed E-state index contributed by atoms with van der Waals surface area (Å²) in [5.74, 6) is 0.0515. The number of hydrogen-bond acceptors (Lipinski definition) is 6. The van der Waals surface area contributed by atoms with Crippen molar-refractivity contribution in [1.29, 1.82) is 0 Å². The summed E-state index contributed by atoms with van der Waals surface area (Å²) < 4.78 is 32.9. The largest absolute Gasteiger partial charge is 0.351 e. The molecule has 33 heavy (non-hydrogen) atoms. The SMILES string of the molecule is Cc1ccc(S(=O)(=O)NCCNC(=O)c2cc(C3CC3)nc3onc(CC(C)(C)C)c23)cc1. The van der Waals surface area contributed by atoms with Crippen molar-refractivity contribution in [1.82, 2.24) is 20.2 Å². The van der Waals surface area contributed by atoms with Gasteiger partial charge in [0.2, 0.25) is 10.0 Å². The predicted molar refractivity (Wildman–Crippen MR) is 126 cm³/mol. The first kappa shape index (κ1) is 23.4. The highest BCUT2D eigenvalue weighted by Crippen LogP contribution is 2.40. The number of carbonyl (C=O) groups excluding carboxylic acids is 1. The minimum Gasteiger partial charge on any atom is -0.351 e. The molecule has 1 aromatic carbocycles. The first-order valence-electron chi connectivity index (χ1n) is 11.2. The Bertz CT molecular complexity index is 1270. The van der Waals surface area contributed by atoms with E-state index in [0.29, 0.717) is 34.7 Å². The third-order valence-electron chi connectivity index (χ3n) is 5.51. The molecule has 4 rings (SSSR count). The van der Waals surface area contributed by atoms with Crippen LogP contribution in [0.15, 0.2) is 39.8 Å². The molecule has 0 saturated heterocycles. The Morgan fingerprint density at radius 2 is 1.85 bits per heavy atom. The normalized spacial score (nSPS) is 14.5. The van der Waals surface area contributed by atoms with Crippen LogP contribution in [-0.4, -0.2) is 37.6 Å². The van der Waals surface area contributed by atoms with Gasteiger partial charge in [-0.05, 0) is 49.8 Å². The zero-order valence-electron chi connectivity index (χ0n) is 19.4. The van der Waals surface area contributed by atoms with E-state index in [1.807, 2.05) is 13.0 Å². The quantitative estimate of drug-likeness (QED) is 0.485. The third-order valence-corrected chi connectivity index (χ3v) is 6.99. The van der Waals surface area contributed by atoms with Gasteiger partial charge in [-0.2, -0.15) is 0 Å². The summed E-state index contributed by atoms with van der Waals surface area (Å²) in [6, 6.07) is 8.44. The molecule has 1 saturated carbocycles. The Hall–Kier alpha value is -2.78. The van der Waals surface area contributed by atoms with Crippen molar-refractivity contribution < 1.29 is 17.7 Å². The second-order valence-electron chi connectivity index (χ2n) is 9.88. The van der Waals surface area contributed by atoms with Gasteiger partial charge in [0, 0.05) is 24.7 Å². The monoisotopic (exact) mass is 470 g/mol. The van der Waals surface area contributed by atoms with Crippen LogP contribution in [0.3, 0.4) is 0 Å². The molecule has 176 valence electrons. The average molecular weight is 471 g/mol. The molecule has 9 heteroatoms. The summed E-state index contributed by atoms with van der Waals surface area (Å²) in [5, 5.41) is 7.66. The van der Waals surface area contributed by atoms with E-state index in [2.05, 4.69) is 41.0 Å². The van der Waals surface area contributed by atoms with Crippen molar-refractivity contribution >= 4 is 27.0 Å². The molecule has 2 N–H and O–H groups in total. The molecule has 0 bridgehead atoms. The molecule has 2 heterocycles. The summed E-state index contributed by atoms with van der Waals surface area (Å²) in [7, 11) is -3.64. The van der Waals surface area contributed by atoms with Crippen LogP contribution in [0, 0.1) is 12.3 Å². The van der Waals surface area contributed by atoms with Gasteiger partial charge in [0.25, 0.3) is 11.6 Å². The molecule has 3 aromatic rings. The Morgan fingerprint density at radius 3 is 2.48 bits per heavy atom. The van der Waals surface area contributed by atoms with Gasteiger partial charge in [-0.1, -0.05) is 43.6 Å². The van der Waals surface area contributed by atoms with E-state index in [9.17, 15) is 13.2 Å². The number of sulfonamides is 1.